The van der Waals surface area contributed by atoms with E-state index >= 15 is 0 Å². The number of aliphatic hydroxyl groups is 1. The summed E-state index contributed by atoms with van der Waals surface area (Å²) in [5, 5.41) is 10.1. The molecule has 0 heterocycles. The molecule has 1 aromatic carbocycles. The molecule has 2 unspecified atom stereocenters. The molecule has 2 rings (SSSR count). The van der Waals surface area contributed by atoms with Crippen molar-refractivity contribution in [1.82, 2.24) is 0 Å². The van der Waals surface area contributed by atoms with Crippen LogP contribution in [0.4, 0.5) is 5.69 Å². The van der Waals surface area contributed by atoms with Crippen molar-refractivity contribution in [3.63, 3.8) is 0 Å². The Bertz CT molecular complexity index is 375. The highest BCUT2D eigenvalue weighted by atomic mass is 16.3. The molecule has 0 bridgehead atoms. The number of anilines is 1. The molecule has 0 aromatic heterocycles. The summed E-state index contributed by atoms with van der Waals surface area (Å²) in [6.07, 6.45) is 4.16. The molecule has 1 aromatic rings. The van der Waals surface area contributed by atoms with Crippen molar-refractivity contribution in [2.75, 3.05) is 11.9 Å². The summed E-state index contributed by atoms with van der Waals surface area (Å²) in [5.74, 6) is 0. The second-order valence-corrected chi connectivity index (χ2v) is 5.41. The number of rotatable bonds is 3. The fourth-order valence-corrected chi connectivity index (χ4v) is 2.75. The zero-order chi connectivity index (χ0) is 13.1. The van der Waals surface area contributed by atoms with Crippen LogP contribution in [0.15, 0.2) is 24.3 Å². The first kappa shape index (κ1) is 13.4. The first-order chi connectivity index (χ1) is 8.59. The van der Waals surface area contributed by atoms with Gasteiger partial charge in [-0.15, -0.1) is 0 Å². The second-order valence-electron chi connectivity index (χ2n) is 5.41. The molecule has 3 N–H and O–H groups in total. The fourth-order valence-electron chi connectivity index (χ4n) is 2.75. The Labute approximate surface area is 110 Å². The molecule has 0 spiro atoms. The molecule has 0 amide bonds. The van der Waals surface area contributed by atoms with Crippen LogP contribution in [-0.2, 0) is 0 Å². The van der Waals surface area contributed by atoms with Crippen molar-refractivity contribution in [1.29, 1.82) is 0 Å². The third kappa shape index (κ3) is 2.85. The van der Waals surface area contributed by atoms with Crippen molar-refractivity contribution >= 4 is 5.69 Å². The molecule has 1 saturated carbocycles. The summed E-state index contributed by atoms with van der Waals surface area (Å²) in [6.45, 7) is 1.99. The number of likely N-dealkylation sites (N-methyl/N-ethyl adjacent to an activating group) is 1. The third-order valence-electron chi connectivity index (χ3n) is 4.02. The molecular formula is C15H24N2O. The van der Waals surface area contributed by atoms with E-state index in [-0.39, 0.29) is 18.2 Å². The van der Waals surface area contributed by atoms with Crippen LogP contribution < -0.4 is 10.6 Å². The number of nitrogens with two attached hydrogens (primary N) is 1. The van der Waals surface area contributed by atoms with Gasteiger partial charge in [-0.05, 0) is 37.5 Å². The summed E-state index contributed by atoms with van der Waals surface area (Å²) < 4.78 is 0. The molecule has 1 fully saturated rings. The maximum atomic E-state index is 10.1. The number of benzene rings is 1. The Kier molecular flexibility index (Phi) is 4.25. The van der Waals surface area contributed by atoms with Crippen LogP contribution in [0.25, 0.3) is 0 Å². The molecule has 3 atom stereocenters. The highest BCUT2D eigenvalue weighted by Crippen LogP contribution is 2.27. The predicted molar refractivity (Wildman–Crippen MR) is 75.7 cm³/mol. The van der Waals surface area contributed by atoms with E-state index in [1.165, 1.54) is 6.42 Å². The lowest BCUT2D eigenvalue weighted by molar-refractivity contribution is 0.106. The van der Waals surface area contributed by atoms with Gasteiger partial charge in [0.1, 0.15) is 0 Å². The average Bonchev–Trinajstić information content (AvgIpc) is 2.38. The summed E-state index contributed by atoms with van der Waals surface area (Å²) in [6, 6.07) is 8.67. The van der Waals surface area contributed by atoms with Gasteiger partial charge in [0.05, 0.1) is 12.1 Å². The smallest absolute Gasteiger partial charge is 0.0743 e. The highest BCUT2D eigenvalue weighted by Gasteiger charge is 2.26. The van der Waals surface area contributed by atoms with Crippen molar-refractivity contribution in [3.8, 4) is 0 Å². The Morgan fingerprint density at radius 1 is 1.22 bits per heavy atom. The minimum absolute atomic E-state index is 0.0737. The molecular weight excluding hydrogens is 224 g/mol. The maximum Gasteiger partial charge on any atom is 0.0743 e. The minimum atomic E-state index is -0.197. The van der Waals surface area contributed by atoms with Gasteiger partial charge >= 0.3 is 0 Å². The van der Waals surface area contributed by atoms with E-state index in [0.29, 0.717) is 0 Å². The van der Waals surface area contributed by atoms with Gasteiger partial charge in [0.15, 0.2) is 0 Å². The van der Waals surface area contributed by atoms with Gasteiger partial charge < -0.3 is 15.7 Å². The maximum absolute atomic E-state index is 10.1. The van der Waals surface area contributed by atoms with Crippen LogP contribution in [-0.4, -0.2) is 24.3 Å². The predicted octanol–water partition coefficient (Wildman–Crippen LogP) is 2.45. The monoisotopic (exact) mass is 248 g/mol. The van der Waals surface area contributed by atoms with Gasteiger partial charge in [-0.3, -0.25) is 0 Å². The van der Waals surface area contributed by atoms with Crippen LogP contribution >= 0.6 is 0 Å². The Morgan fingerprint density at radius 2 is 1.83 bits per heavy atom. The average molecular weight is 248 g/mol. The highest BCUT2D eigenvalue weighted by molar-refractivity contribution is 5.48. The van der Waals surface area contributed by atoms with Crippen molar-refractivity contribution < 1.29 is 5.11 Å². The first-order valence-corrected chi connectivity index (χ1v) is 6.86. The van der Waals surface area contributed by atoms with E-state index < -0.39 is 0 Å². The van der Waals surface area contributed by atoms with E-state index in [9.17, 15) is 5.11 Å². The van der Waals surface area contributed by atoms with Crippen LogP contribution in [0, 0.1) is 0 Å². The summed E-state index contributed by atoms with van der Waals surface area (Å²) in [4.78, 5) is 2.20. The van der Waals surface area contributed by atoms with Gasteiger partial charge in [0, 0.05) is 18.8 Å². The quantitative estimate of drug-likeness (QED) is 0.864. The van der Waals surface area contributed by atoms with Gasteiger partial charge in [0.2, 0.25) is 0 Å². The third-order valence-corrected chi connectivity index (χ3v) is 4.02. The number of hydrogen-bond acceptors (Lipinski definition) is 3. The lowest BCUT2D eigenvalue weighted by atomic mass is 9.91. The summed E-state index contributed by atoms with van der Waals surface area (Å²) >= 11 is 0. The summed E-state index contributed by atoms with van der Waals surface area (Å²) in [5.41, 5.74) is 8.16. The lowest BCUT2D eigenvalue weighted by Crippen LogP contribution is -2.43. The first-order valence-electron chi connectivity index (χ1n) is 6.86. The fraction of sp³-hybridized carbons (Fsp3) is 0.600. The van der Waals surface area contributed by atoms with Gasteiger partial charge in [0.25, 0.3) is 0 Å². The van der Waals surface area contributed by atoms with E-state index in [0.717, 1.165) is 30.5 Å². The standard InChI is InChI=1S/C15H24N2O/c1-11(16)12-7-9-13(10-8-12)17(2)14-5-3-4-6-15(14)18/h7-11,14-15,18H,3-6,16H2,1-2H3/t11-,14?,15?/m0/s1. The zero-order valence-electron chi connectivity index (χ0n) is 11.3. The van der Waals surface area contributed by atoms with Gasteiger partial charge in [-0.1, -0.05) is 25.0 Å². The normalized spacial score (nSPS) is 25.8. The number of aliphatic hydroxyl groups excluding tert-OH is 1. The topological polar surface area (TPSA) is 49.5 Å². The second kappa shape index (κ2) is 5.72. The van der Waals surface area contributed by atoms with Crippen molar-refractivity contribution in [3.05, 3.63) is 29.8 Å². The Balaban J connectivity index is 2.10. The molecule has 0 aliphatic heterocycles. The Morgan fingerprint density at radius 3 is 2.39 bits per heavy atom. The zero-order valence-corrected chi connectivity index (χ0v) is 11.3. The van der Waals surface area contributed by atoms with Gasteiger partial charge in [-0.2, -0.15) is 0 Å². The molecule has 0 saturated heterocycles. The van der Waals surface area contributed by atoms with Crippen LogP contribution in [0.1, 0.15) is 44.2 Å². The Hall–Kier alpha value is -1.06. The molecule has 1 aliphatic carbocycles. The van der Waals surface area contributed by atoms with E-state index in [1.807, 2.05) is 6.92 Å². The lowest BCUT2D eigenvalue weighted by Gasteiger charge is -2.36. The molecule has 0 radical (unpaired) electrons. The van der Waals surface area contributed by atoms with E-state index in [4.69, 9.17) is 5.73 Å². The summed E-state index contributed by atoms with van der Waals surface area (Å²) in [7, 11) is 2.07. The molecule has 100 valence electrons. The van der Waals surface area contributed by atoms with Crippen LogP contribution in [0.3, 0.4) is 0 Å². The molecule has 3 nitrogen and oxygen atoms in total. The molecule has 18 heavy (non-hydrogen) atoms. The van der Waals surface area contributed by atoms with Crippen molar-refractivity contribution in [2.24, 2.45) is 5.73 Å². The SMILES string of the molecule is C[C@H](N)c1ccc(N(C)C2CCCCC2O)cc1. The molecule has 1 aliphatic rings. The van der Waals surface area contributed by atoms with Crippen molar-refractivity contribution in [2.45, 2.75) is 50.8 Å². The minimum Gasteiger partial charge on any atom is -0.391 e. The largest absolute Gasteiger partial charge is 0.391 e. The van der Waals surface area contributed by atoms with E-state index in [2.05, 4.69) is 36.2 Å². The van der Waals surface area contributed by atoms with Crippen LogP contribution in [0.5, 0.6) is 0 Å². The number of nitrogens with zero attached hydrogens (tertiary/aromatic N) is 1. The van der Waals surface area contributed by atoms with Gasteiger partial charge in [-0.25, -0.2) is 0 Å². The molecule has 3 heteroatoms. The van der Waals surface area contributed by atoms with Crippen LogP contribution in [0.2, 0.25) is 0 Å². The van der Waals surface area contributed by atoms with E-state index in [1.54, 1.807) is 0 Å². The number of hydrogen-bond donors (Lipinski definition) is 2.